The van der Waals surface area contributed by atoms with E-state index in [1.807, 2.05) is 6.92 Å². The predicted molar refractivity (Wildman–Crippen MR) is 70.3 cm³/mol. The highest BCUT2D eigenvalue weighted by Gasteiger charge is 2.07. The van der Waals surface area contributed by atoms with Crippen LogP contribution in [0.3, 0.4) is 0 Å². The maximum Gasteiger partial charge on any atom is 0.245 e. The molecule has 0 unspecified atom stereocenters. The van der Waals surface area contributed by atoms with Crippen molar-refractivity contribution in [1.82, 2.24) is 20.1 Å². The Morgan fingerprint density at radius 2 is 2.17 bits per heavy atom. The fourth-order valence-electron chi connectivity index (χ4n) is 1.31. The Kier molecular flexibility index (Phi) is 4.08. The molecule has 8 heteroatoms. The predicted octanol–water partition coefficient (Wildman–Crippen LogP) is 1.97. The van der Waals surface area contributed by atoms with Crippen molar-refractivity contribution in [3.63, 3.8) is 0 Å². The first kappa shape index (κ1) is 12.7. The molecular formula is C10H13BrN6O. The molecule has 2 N–H and O–H groups in total. The Morgan fingerprint density at radius 3 is 2.83 bits per heavy atom. The average Bonchev–Trinajstić information content (AvgIpc) is 2.76. The van der Waals surface area contributed by atoms with E-state index in [4.69, 9.17) is 4.52 Å². The first-order valence-electron chi connectivity index (χ1n) is 5.48. The van der Waals surface area contributed by atoms with Crippen molar-refractivity contribution >= 4 is 27.7 Å². The lowest BCUT2D eigenvalue weighted by molar-refractivity contribution is 0.379. The highest BCUT2D eigenvalue weighted by atomic mass is 79.9. The SMILES string of the molecule is CCNc1ncc(Br)c(NCc2nc(C)no2)n1. The molecule has 0 aromatic carbocycles. The summed E-state index contributed by atoms with van der Waals surface area (Å²) in [5.41, 5.74) is 0. The molecule has 0 saturated heterocycles. The van der Waals surface area contributed by atoms with Gasteiger partial charge in [0.25, 0.3) is 0 Å². The number of nitrogens with zero attached hydrogens (tertiary/aromatic N) is 4. The number of nitrogens with one attached hydrogen (secondary N) is 2. The average molecular weight is 313 g/mol. The summed E-state index contributed by atoms with van der Waals surface area (Å²) < 4.78 is 5.78. The topological polar surface area (TPSA) is 88.8 Å². The van der Waals surface area contributed by atoms with E-state index in [0.29, 0.717) is 30.0 Å². The maximum absolute atomic E-state index is 5.01. The number of hydrogen-bond donors (Lipinski definition) is 2. The van der Waals surface area contributed by atoms with Crippen LogP contribution in [0.2, 0.25) is 0 Å². The minimum Gasteiger partial charge on any atom is -0.360 e. The van der Waals surface area contributed by atoms with Gasteiger partial charge in [0.15, 0.2) is 5.82 Å². The molecule has 2 heterocycles. The van der Waals surface area contributed by atoms with E-state index >= 15 is 0 Å². The van der Waals surface area contributed by atoms with Gasteiger partial charge in [0.05, 0.1) is 11.0 Å². The second-order valence-corrected chi connectivity index (χ2v) is 4.36. The van der Waals surface area contributed by atoms with Crippen molar-refractivity contribution in [3.8, 4) is 0 Å². The van der Waals surface area contributed by atoms with E-state index in [1.165, 1.54) is 0 Å². The first-order valence-corrected chi connectivity index (χ1v) is 6.27. The van der Waals surface area contributed by atoms with Crippen molar-refractivity contribution in [2.24, 2.45) is 0 Å². The van der Waals surface area contributed by atoms with Gasteiger partial charge < -0.3 is 15.2 Å². The van der Waals surface area contributed by atoms with Crippen molar-refractivity contribution in [2.45, 2.75) is 20.4 Å². The van der Waals surface area contributed by atoms with Crippen molar-refractivity contribution in [2.75, 3.05) is 17.2 Å². The Balaban J connectivity index is 2.05. The molecule has 0 bridgehead atoms. The normalized spacial score (nSPS) is 10.4. The number of halogens is 1. The third kappa shape index (κ3) is 3.16. The lowest BCUT2D eigenvalue weighted by Crippen LogP contribution is -2.07. The molecule has 0 saturated carbocycles. The number of anilines is 2. The first-order chi connectivity index (χ1) is 8.69. The summed E-state index contributed by atoms with van der Waals surface area (Å²) in [5, 5.41) is 9.87. The number of rotatable bonds is 5. The molecule has 18 heavy (non-hydrogen) atoms. The maximum atomic E-state index is 5.01. The van der Waals surface area contributed by atoms with Crippen LogP contribution in [0.4, 0.5) is 11.8 Å². The molecule has 0 atom stereocenters. The minimum absolute atomic E-state index is 0.419. The quantitative estimate of drug-likeness (QED) is 0.872. The molecule has 7 nitrogen and oxygen atoms in total. The Bertz CT molecular complexity index is 529. The van der Waals surface area contributed by atoms with Crippen LogP contribution in [0.1, 0.15) is 18.6 Å². The summed E-state index contributed by atoms with van der Waals surface area (Å²) in [6.45, 7) is 4.95. The zero-order chi connectivity index (χ0) is 13.0. The molecule has 96 valence electrons. The molecule has 0 aliphatic rings. The molecule has 0 spiro atoms. The Hall–Kier alpha value is -1.70. The van der Waals surface area contributed by atoms with E-state index in [-0.39, 0.29) is 0 Å². The van der Waals surface area contributed by atoms with Crippen LogP contribution >= 0.6 is 15.9 Å². The molecular weight excluding hydrogens is 300 g/mol. The highest BCUT2D eigenvalue weighted by Crippen LogP contribution is 2.20. The van der Waals surface area contributed by atoms with E-state index in [0.717, 1.165) is 11.0 Å². The van der Waals surface area contributed by atoms with Gasteiger partial charge in [-0.05, 0) is 29.8 Å². The monoisotopic (exact) mass is 312 g/mol. The van der Waals surface area contributed by atoms with Crippen LogP contribution in [-0.2, 0) is 6.54 Å². The van der Waals surface area contributed by atoms with Crippen LogP contribution in [0.25, 0.3) is 0 Å². The number of hydrogen-bond acceptors (Lipinski definition) is 7. The highest BCUT2D eigenvalue weighted by molar-refractivity contribution is 9.10. The second-order valence-electron chi connectivity index (χ2n) is 3.51. The molecule has 2 aromatic heterocycles. The van der Waals surface area contributed by atoms with Gasteiger partial charge in [0, 0.05) is 12.7 Å². The standard InChI is InChI=1S/C10H13BrN6O/c1-3-12-10-14-4-7(11)9(16-10)13-5-8-15-6(2)17-18-8/h4H,3,5H2,1-2H3,(H2,12,13,14,16). The summed E-state index contributed by atoms with van der Waals surface area (Å²) in [4.78, 5) is 12.5. The van der Waals surface area contributed by atoms with Crippen LogP contribution in [-0.4, -0.2) is 26.7 Å². The molecule has 0 aliphatic carbocycles. The summed E-state index contributed by atoms with van der Waals surface area (Å²) in [7, 11) is 0. The van der Waals surface area contributed by atoms with Crippen LogP contribution in [0.15, 0.2) is 15.2 Å². The van der Waals surface area contributed by atoms with Crippen molar-refractivity contribution in [3.05, 3.63) is 22.4 Å². The van der Waals surface area contributed by atoms with E-state index in [9.17, 15) is 0 Å². The van der Waals surface area contributed by atoms with E-state index in [1.54, 1.807) is 13.1 Å². The lowest BCUT2D eigenvalue weighted by Gasteiger charge is -2.07. The number of aryl methyl sites for hydroxylation is 1. The van der Waals surface area contributed by atoms with Crippen LogP contribution in [0, 0.1) is 6.92 Å². The van der Waals surface area contributed by atoms with Gasteiger partial charge in [-0.2, -0.15) is 9.97 Å². The summed E-state index contributed by atoms with van der Waals surface area (Å²) in [6, 6.07) is 0. The van der Waals surface area contributed by atoms with Gasteiger partial charge in [-0.1, -0.05) is 5.16 Å². The zero-order valence-corrected chi connectivity index (χ0v) is 11.7. The van der Waals surface area contributed by atoms with Gasteiger partial charge in [0.2, 0.25) is 11.8 Å². The summed E-state index contributed by atoms with van der Waals surface area (Å²) in [5.74, 6) is 2.38. The minimum atomic E-state index is 0.419. The van der Waals surface area contributed by atoms with Gasteiger partial charge >= 0.3 is 0 Å². The van der Waals surface area contributed by atoms with Gasteiger partial charge in [-0.25, -0.2) is 4.98 Å². The van der Waals surface area contributed by atoms with Crippen LogP contribution < -0.4 is 10.6 Å². The summed E-state index contributed by atoms with van der Waals surface area (Å²) in [6.07, 6.45) is 1.69. The second kappa shape index (κ2) is 5.76. The molecule has 0 aliphatic heterocycles. The lowest BCUT2D eigenvalue weighted by atomic mass is 10.5. The molecule has 0 radical (unpaired) electrons. The van der Waals surface area contributed by atoms with Gasteiger partial charge in [-0.15, -0.1) is 0 Å². The molecule has 2 rings (SSSR count). The van der Waals surface area contributed by atoms with Crippen molar-refractivity contribution < 1.29 is 4.52 Å². The number of aromatic nitrogens is 4. The smallest absolute Gasteiger partial charge is 0.245 e. The van der Waals surface area contributed by atoms with E-state index < -0.39 is 0 Å². The fourth-order valence-corrected chi connectivity index (χ4v) is 1.64. The molecule has 0 fully saturated rings. The zero-order valence-electron chi connectivity index (χ0n) is 10.1. The third-order valence-corrected chi connectivity index (χ3v) is 2.64. The summed E-state index contributed by atoms with van der Waals surface area (Å²) >= 11 is 3.38. The molecule has 2 aromatic rings. The Morgan fingerprint density at radius 1 is 1.33 bits per heavy atom. The van der Waals surface area contributed by atoms with Crippen molar-refractivity contribution in [1.29, 1.82) is 0 Å². The third-order valence-electron chi connectivity index (χ3n) is 2.06. The Labute approximate surface area is 113 Å². The largest absolute Gasteiger partial charge is 0.360 e. The van der Waals surface area contributed by atoms with Crippen LogP contribution in [0.5, 0.6) is 0 Å². The fraction of sp³-hybridized carbons (Fsp3) is 0.400. The van der Waals surface area contributed by atoms with Gasteiger partial charge in [0.1, 0.15) is 5.82 Å². The van der Waals surface area contributed by atoms with Gasteiger partial charge in [-0.3, -0.25) is 0 Å². The van der Waals surface area contributed by atoms with E-state index in [2.05, 4.69) is 46.7 Å². The molecule has 0 amide bonds.